The minimum atomic E-state index is -0.136. The van der Waals surface area contributed by atoms with Crippen LogP contribution in [0.1, 0.15) is 11.4 Å². The highest BCUT2D eigenvalue weighted by Gasteiger charge is 2.15. The van der Waals surface area contributed by atoms with Crippen LogP contribution in [0.5, 0.6) is 0 Å². The Morgan fingerprint density at radius 2 is 2.00 bits per heavy atom. The van der Waals surface area contributed by atoms with Gasteiger partial charge in [0.25, 0.3) is 0 Å². The number of aromatic nitrogens is 4. The second-order valence-corrected chi connectivity index (χ2v) is 10.6. The molecule has 2 aromatic carbocycles. The molecule has 0 saturated heterocycles. The van der Waals surface area contributed by atoms with Gasteiger partial charge in [-0.25, -0.2) is 4.98 Å². The highest BCUT2D eigenvalue weighted by atomic mass is 35.5. The fourth-order valence-corrected chi connectivity index (χ4v) is 5.83. The van der Waals surface area contributed by atoms with Gasteiger partial charge in [0.15, 0.2) is 10.3 Å². The van der Waals surface area contributed by atoms with Crippen LogP contribution in [-0.4, -0.2) is 31.4 Å². The predicted molar refractivity (Wildman–Crippen MR) is 141 cm³/mol. The van der Waals surface area contributed by atoms with Gasteiger partial charge < -0.3 is 9.88 Å². The molecule has 2 aromatic heterocycles. The third-order valence-electron chi connectivity index (χ3n) is 4.46. The molecule has 6 nitrogen and oxygen atoms in total. The van der Waals surface area contributed by atoms with Crippen molar-refractivity contribution in [3.8, 4) is 0 Å². The monoisotopic (exact) mass is 535 g/mol. The van der Waals surface area contributed by atoms with E-state index in [1.165, 1.54) is 23.1 Å². The molecule has 33 heavy (non-hydrogen) atoms. The van der Waals surface area contributed by atoms with Crippen molar-refractivity contribution in [1.29, 1.82) is 0 Å². The fraction of sp³-hybridized carbons (Fsp3) is 0.182. The maximum Gasteiger partial charge on any atom is 0.236 e. The third-order valence-corrected chi connectivity index (χ3v) is 8.12. The number of carbonyl (C=O) groups is 1. The van der Waals surface area contributed by atoms with E-state index < -0.39 is 0 Å². The molecule has 4 rings (SSSR count). The maximum absolute atomic E-state index is 12.5. The van der Waals surface area contributed by atoms with Crippen molar-refractivity contribution in [3.05, 3.63) is 76.6 Å². The number of amides is 1. The number of nitrogens with zero attached hydrogens (tertiary/aromatic N) is 4. The summed E-state index contributed by atoms with van der Waals surface area (Å²) in [5, 5.41) is 13.8. The Morgan fingerprint density at radius 3 is 2.79 bits per heavy atom. The second-order valence-electron chi connectivity index (χ2n) is 6.86. The average Bonchev–Trinajstić information content (AvgIpc) is 3.38. The van der Waals surface area contributed by atoms with Crippen molar-refractivity contribution in [2.45, 2.75) is 23.2 Å². The lowest BCUT2D eigenvalue weighted by Crippen LogP contribution is -2.14. The molecule has 0 aliphatic heterocycles. The first-order chi connectivity index (χ1) is 16.0. The molecule has 2 heterocycles. The van der Waals surface area contributed by atoms with Gasteiger partial charge in [-0.3, -0.25) is 4.79 Å². The molecule has 0 saturated carbocycles. The average molecular weight is 537 g/mol. The molecule has 0 spiro atoms. The van der Waals surface area contributed by atoms with Crippen LogP contribution in [-0.2, 0) is 22.8 Å². The SMILES string of the molecule is C=CCn1c(CSCc2ccc(Cl)c(Cl)c2)nnc1SCC(=O)Nc1nc2ccccc2s1. The van der Waals surface area contributed by atoms with E-state index in [9.17, 15) is 4.79 Å². The number of fused-ring (bicyclic) bond motifs is 1. The summed E-state index contributed by atoms with van der Waals surface area (Å²) in [6.45, 7) is 4.40. The molecule has 1 amide bonds. The van der Waals surface area contributed by atoms with E-state index in [1.54, 1.807) is 23.9 Å². The number of halogens is 2. The van der Waals surface area contributed by atoms with Gasteiger partial charge in [0.1, 0.15) is 5.82 Å². The third kappa shape index (κ3) is 6.30. The lowest BCUT2D eigenvalue weighted by Gasteiger charge is -2.08. The van der Waals surface area contributed by atoms with Crippen molar-refractivity contribution in [1.82, 2.24) is 19.7 Å². The number of benzene rings is 2. The van der Waals surface area contributed by atoms with Gasteiger partial charge in [0, 0.05) is 12.3 Å². The van der Waals surface area contributed by atoms with Gasteiger partial charge in [0.2, 0.25) is 5.91 Å². The first-order valence-electron chi connectivity index (χ1n) is 9.86. The molecule has 0 aliphatic rings. The zero-order valence-electron chi connectivity index (χ0n) is 17.3. The molecule has 170 valence electrons. The Morgan fingerprint density at radius 1 is 1.15 bits per heavy atom. The van der Waals surface area contributed by atoms with Crippen molar-refractivity contribution in [2.24, 2.45) is 0 Å². The number of para-hydroxylation sites is 1. The Hall–Kier alpha value is -2.04. The van der Waals surface area contributed by atoms with Crippen LogP contribution >= 0.6 is 58.1 Å². The predicted octanol–water partition coefficient (Wildman–Crippen LogP) is 6.54. The highest BCUT2D eigenvalue weighted by Crippen LogP contribution is 2.28. The number of allylic oxidation sites excluding steroid dienone is 1. The van der Waals surface area contributed by atoms with Crippen molar-refractivity contribution >= 4 is 79.3 Å². The quantitative estimate of drug-likeness (QED) is 0.183. The second kappa shape index (κ2) is 11.4. The molecule has 4 aromatic rings. The molecule has 0 radical (unpaired) electrons. The van der Waals surface area contributed by atoms with Gasteiger partial charge in [-0.15, -0.1) is 28.5 Å². The van der Waals surface area contributed by atoms with Crippen LogP contribution in [0.25, 0.3) is 10.2 Å². The fourth-order valence-electron chi connectivity index (χ4n) is 2.95. The summed E-state index contributed by atoms with van der Waals surface area (Å²) in [4.78, 5) is 16.9. The van der Waals surface area contributed by atoms with E-state index in [-0.39, 0.29) is 11.7 Å². The zero-order chi connectivity index (χ0) is 23.2. The lowest BCUT2D eigenvalue weighted by molar-refractivity contribution is -0.113. The van der Waals surface area contributed by atoms with E-state index in [0.29, 0.717) is 32.6 Å². The highest BCUT2D eigenvalue weighted by molar-refractivity contribution is 7.99. The summed E-state index contributed by atoms with van der Waals surface area (Å²) < 4.78 is 3.01. The summed E-state index contributed by atoms with van der Waals surface area (Å²) >= 11 is 16.6. The van der Waals surface area contributed by atoms with E-state index in [1.807, 2.05) is 41.0 Å². The van der Waals surface area contributed by atoms with E-state index in [0.717, 1.165) is 27.4 Å². The van der Waals surface area contributed by atoms with Crippen LogP contribution in [0, 0.1) is 0 Å². The number of hydrogen-bond acceptors (Lipinski definition) is 7. The van der Waals surface area contributed by atoms with Crippen molar-refractivity contribution in [2.75, 3.05) is 11.1 Å². The number of hydrogen-bond donors (Lipinski definition) is 1. The summed E-state index contributed by atoms with van der Waals surface area (Å²) in [7, 11) is 0. The van der Waals surface area contributed by atoms with Crippen LogP contribution in [0.3, 0.4) is 0 Å². The van der Waals surface area contributed by atoms with Crippen molar-refractivity contribution in [3.63, 3.8) is 0 Å². The Balaban J connectivity index is 1.33. The molecular formula is C22H19Cl2N5OS3. The number of thioether (sulfide) groups is 2. The largest absolute Gasteiger partial charge is 0.301 e. The first-order valence-corrected chi connectivity index (χ1v) is 13.6. The lowest BCUT2D eigenvalue weighted by atomic mass is 10.2. The number of rotatable bonds is 10. The molecule has 0 fully saturated rings. The summed E-state index contributed by atoms with van der Waals surface area (Å²) in [5.74, 6) is 2.34. The van der Waals surface area contributed by atoms with Gasteiger partial charge in [0.05, 0.1) is 31.8 Å². The summed E-state index contributed by atoms with van der Waals surface area (Å²) in [6.07, 6.45) is 1.79. The topological polar surface area (TPSA) is 72.7 Å². The molecule has 1 N–H and O–H groups in total. The minimum absolute atomic E-state index is 0.136. The normalized spacial score (nSPS) is 11.1. The molecule has 0 atom stereocenters. The van der Waals surface area contributed by atoms with E-state index >= 15 is 0 Å². The van der Waals surface area contributed by atoms with Crippen LogP contribution in [0.15, 0.2) is 60.3 Å². The van der Waals surface area contributed by atoms with Gasteiger partial charge in [-0.2, -0.15) is 0 Å². The Kier molecular flexibility index (Phi) is 8.32. The van der Waals surface area contributed by atoms with Crippen LogP contribution in [0.2, 0.25) is 10.0 Å². The van der Waals surface area contributed by atoms with Gasteiger partial charge in [-0.1, -0.05) is 70.6 Å². The molecular weight excluding hydrogens is 517 g/mol. The van der Waals surface area contributed by atoms with Crippen LogP contribution < -0.4 is 5.32 Å². The number of carbonyl (C=O) groups excluding carboxylic acids is 1. The number of anilines is 1. The molecule has 0 unspecified atom stereocenters. The Labute approximate surface area is 213 Å². The maximum atomic E-state index is 12.5. The smallest absolute Gasteiger partial charge is 0.236 e. The Bertz CT molecular complexity index is 1260. The zero-order valence-corrected chi connectivity index (χ0v) is 21.3. The van der Waals surface area contributed by atoms with Crippen molar-refractivity contribution < 1.29 is 4.79 Å². The number of nitrogens with one attached hydrogen (secondary N) is 1. The van der Waals surface area contributed by atoms with Gasteiger partial charge >= 0.3 is 0 Å². The van der Waals surface area contributed by atoms with Gasteiger partial charge in [-0.05, 0) is 29.8 Å². The molecule has 0 bridgehead atoms. The molecule has 0 aliphatic carbocycles. The summed E-state index contributed by atoms with van der Waals surface area (Å²) in [5.41, 5.74) is 1.96. The standard InChI is InChI=1S/C22H19Cl2N5OS3/c1-2-9-29-19(12-31-11-14-7-8-15(23)16(24)10-14)27-28-22(29)32-13-20(30)26-21-25-17-5-3-4-6-18(17)33-21/h2-8,10H,1,9,11-13H2,(H,25,26,30). The number of thiazole rings is 1. The minimum Gasteiger partial charge on any atom is -0.301 e. The van der Waals surface area contributed by atoms with Crippen LogP contribution in [0.4, 0.5) is 5.13 Å². The molecule has 11 heteroatoms. The van der Waals surface area contributed by atoms with E-state index in [2.05, 4.69) is 27.1 Å². The first kappa shape index (κ1) is 24.1. The summed E-state index contributed by atoms with van der Waals surface area (Å²) in [6, 6.07) is 13.4. The van der Waals surface area contributed by atoms with E-state index in [4.69, 9.17) is 23.2 Å².